The molecule has 1 aliphatic heterocycles. The van der Waals surface area contributed by atoms with Crippen molar-refractivity contribution in [2.24, 2.45) is 5.92 Å². The van der Waals surface area contributed by atoms with E-state index in [1.165, 1.54) is 12.0 Å². The van der Waals surface area contributed by atoms with Crippen LogP contribution in [0, 0.1) is 5.92 Å². The molecule has 1 atom stereocenters. The molecule has 0 spiro atoms. The van der Waals surface area contributed by atoms with Crippen molar-refractivity contribution in [3.8, 4) is 0 Å². The average molecular weight is 285 g/mol. The van der Waals surface area contributed by atoms with E-state index in [4.69, 9.17) is 0 Å². The molecule has 0 bridgehead atoms. The number of hydrogen-bond acceptors (Lipinski definition) is 4. The summed E-state index contributed by atoms with van der Waals surface area (Å²) in [7, 11) is 4.70. The molecule has 0 aliphatic carbocycles. The highest BCUT2D eigenvalue weighted by Crippen LogP contribution is 2.18. The van der Waals surface area contributed by atoms with Crippen molar-refractivity contribution in [1.82, 2.24) is 15.1 Å². The fourth-order valence-corrected chi connectivity index (χ4v) is 2.18. The molecule has 20 heavy (non-hydrogen) atoms. The summed E-state index contributed by atoms with van der Waals surface area (Å²) in [6.07, 6.45) is 1.22. The second-order valence-electron chi connectivity index (χ2n) is 5.19. The van der Waals surface area contributed by atoms with Crippen LogP contribution in [0.2, 0.25) is 0 Å². The van der Waals surface area contributed by atoms with E-state index in [1.54, 1.807) is 25.9 Å². The summed E-state index contributed by atoms with van der Waals surface area (Å²) in [5.41, 5.74) is 0. The van der Waals surface area contributed by atoms with Crippen LogP contribution in [0.5, 0.6) is 0 Å². The van der Waals surface area contributed by atoms with Crippen LogP contribution in [-0.2, 0) is 14.3 Å². The molecule has 0 aromatic heterocycles. The molecule has 1 heterocycles. The van der Waals surface area contributed by atoms with Gasteiger partial charge in [0.2, 0.25) is 5.91 Å². The highest BCUT2D eigenvalue weighted by molar-refractivity contribution is 5.85. The van der Waals surface area contributed by atoms with Crippen LogP contribution in [0.15, 0.2) is 0 Å². The Balaban J connectivity index is 2.43. The lowest BCUT2D eigenvalue weighted by molar-refractivity contribution is -0.145. The summed E-state index contributed by atoms with van der Waals surface area (Å²) in [5.74, 6) is -0.772. The fraction of sp³-hybridized carbons (Fsp3) is 0.769. The molecule has 3 amide bonds. The minimum atomic E-state index is -0.645. The first-order valence-corrected chi connectivity index (χ1v) is 6.71. The van der Waals surface area contributed by atoms with Crippen molar-refractivity contribution >= 4 is 17.9 Å². The molecule has 7 heteroatoms. The largest absolute Gasteiger partial charge is 0.467 e. The van der Waals surface area contributed by atoms with Gasteiger partial charge >= 0.3 is 12.0 Å². The van der Waals surface area contributed by atoms with E-state index in [0.29, 0.717) is 25.9 Å². The standard InChI is InChI=1S/C13H23N3O4/c1-9(12(18)20-4)14-11(17)10-5-7-16(8-6-10)13(19)15(2)3/h9-10H,5-8H2,1-4H3,(H,14,17). The van der Waals surface area contributed by atoms with Crippen LogP contribution in [-0.4, -0.2) is 68.0 Å². The van der Waals surface area contributed by atoms with Crippen LogP contribution in [0.4, 0.5) is 4.79 Å². The van der Waals surface area contributed by atoms with Gasteiger partial charge < -0.3 is 19.9 Å². The monoisotopic (exact) mass is 285 g/mol. The number of hydrogen-bond donors (Lipinski definition) is 1. The third kappa shape index (κ3) is 4.11. The van der Waals surface area contributed by atoms with Gasteiger partial charge in [0.1, 0.15) is 6.04 Å². The normalized spacial score (nSPS) is 17.3. The van der Waals surface area contributed by atoms with E-state index >= 15 is 0 Å². The van der Waals surface area contributed by atoms with Gasteiger partial charge in [0.15, 0.2) is 0 Å². The maximum absolute atomic E-state index is 12.0. The minimum Gasteiger partial charge on any atom is -0.467 e. The number of carbonyl (C=O) groups is 3. The summed E-state index contributed by atoms with van der Waals surface area (Å²) >= 11 is 0. The molecular formula is C13H23N3O4. The number of methoxy groups -OCH3 is 1. The van der Waals surface area contributed by atoms with Crippen molar-refractivity contribution in [2.75, 3.05) is 34.3 Å². The molecule has 114 valence electrons. The van der Waals surface area contributed by atoms with Crippen LogP contribution in [0.3, 0.4) is 0 Å². The molecule has 0 aromatic carbocycles. The number of carbonyl (C=O) groups excluding carboxylic acids is 3. The summed E-state index contributed by atoms with van der Waals surface area (Å²) in [4.78, 5) is 38.3. The third-order valence-electron chi connectivity index (χ3n) is 3.43. The zero-order valence-corrected chi connectivity index (χ0v) is 12.5. The van der Waals surface area contributed by atoms with Crippen molar-refractivity contribution in [1.29, 1.82) is 0 Å². The van der Waals surface area contributed by atoms with E-state index in [9.17, 15) is 14.4 Å². The molecule has 1 aliphatic rings. The average Bonchev–Trinajstić information content (AvgIpc) is 2.45. The number of likely N-dealkylation sites (tertiary alicyclic amines) is 1. The maximum atomic E-state index is 12.0. The molecular weight excluding hydrogens is 262 g/mol. The summed E-state index contributed by atoms with van der Waals surface area (Å²) in [6, 6.07) is -0.680. The first kappa shape index (κ1) is 16.3. The van der Waals surface area contributed by atoms with Gasteiger partial charge in [0.25, 0.3) is 0 Å². The molecule has 1 fully saturated rings. The van der Waals surface area contributed by atoms with E-state index in [-0.39, 0.29) is 17.9 Å². The second kappa shape index (κ2) is 7.12. The van der Waals surface area contributed by atoms with Gasteiger partial charge in [0, 0.05) is 33.1 Å². The highest BCUT2D eigenvalue weighted by Gasteiger charge is 2.29. The molecule has 1 N–H and O–H groups in total. The van der Waals surface area contributed by atoms with Crippen LogP contribution in [0.25, 0.3) is 0 Å². The van der Waals surface area contributed by atoms with Gasteiger partial charge in [-0.25, -0.2) is 9.59 Å². The maximum Gasteiger partial charge on any atom is 0.328 e. The van der Waals surface area contributed by atoms with Gasteiger partial charge in [0.05, 0.1) is 7.11 Å². The quantitative estimate of drug-likeness (QED) is 0.744. The van der Waals surface area contributed by atoms with Gasteiger partial charge in [-0.3, -0.25) is 4.79 Å². The predicted molar refractivity (Wildman–Crippen MR) is 73.0 cm³/mol. The van der Waals surface area contributed by atoms with E-state index < -0.39 is 12.0 Å². The van der Waals surface area contributed by atoms with Crippen LogP contribution < -0.4 is 5.32 Å². The second-order valence-corrected chi connectivity index (χ2v) is 5.19. The molecule has 1 rings (SSSR count). The Morgan fingerprint density at radius 3 is 2.25 bits per heavy atom. The van der Waals surface area contributed by atoms with E-state index in [2.05, 4.69) is 10.1 Å². The molecule has 0 aromatic rings. The number of nitrogens with one attached hydrogen (secondary N) is 1. The Bertz CT molecular complexity index is 376. The Labute approximate surface area is 119 Å². The summed E-state index contributed by atoms with van der Waals surface area (Å²) < 4.78 is 4.56. The number of esters is 1. The Kier molecular flexibility index (Phi) is 5.79. The fourth-order valence-electron chi connectivity index (χ4n) is 2.18. The Hall–Kier alpha value is -1.79. The molecule has 1 saturated heterocycles. The smallest absolute Gasteiger partial charge is 0.328 e. The van der Waals surface area contributed by atoms with Crippen molar-refractivity contribution in [3.05, 3.63) is 0 Å². The predicted octanol–water partition coefficient (Wildman–Crippen LogP) is 0.0577. The summed E-state index contributed by atoms with van der Waals surface area (Å²) in [6.45, 7) is 2.71. The number of urea groups is 1. The van der Waals surface area contributed by atoms with Crippen LogP contribution in [0.1, 0.15) is 19.8 Å². The van der Waals surface area contributed by atoms with Crippen molar-refractivity contribution < 1.29 is 19.1 Å². The molecule has 1 unspecified atom stereocenters. The van der Waals surface area contributed by atoms with Gasteiger partial charge in [-0.2, -0.15) is 0 Å². The molecule has 0 saturated carbocycles. The lowest BCUT2D eigenvalue weighted by atomic mass is 9.96. The summed E-state index contributed by atoms with van der Waals surface area (Å²) in [5, 5.41) is 2.64. The SMILES string of the molecule is COC(=O)C(C)NC(=O)C1CCN(C(=O)N(C)C)CC1. The van der Waals surface area contributed by atoms with Gasteiger partial charge in [-0.05, 0) is 19.8 Å². The lowest BCUT2D eigenvalue weighted by Gasteiger charge is -2.33. The molecule has 0 radical (unpaired) electrons. The van der Waals surface area contributed by atoms with Gasteiger partial charge in [-0.15, -0.1) is 0 Å². The minimum absolute atomic E-state index is 0.0354. The van der Waals surface area contributed by atoms with Crippen LogP contribution >= 0.6 is 0 Å². The Morgan fingerprint density at radius 1 is 1.25 bits per heavy atom. The van der Waals surface area contributed by atoms with Crippen molar-refractivity contribution in [2.45, 2.75) is 25.8 Å². The van der Waals surface area contributed by atoms with Crippen molar-refractivity contribution in [3.63, 3.8) is 0 Å². The topological polar surface area (TPSA) is 79.0 Å². The highest BCUT2D eigenvalue weighted by atomic mass is 16.5. The van der Waals surface area contributed by atoms with E-state index in [0.717, 1.165) is 0 Å². The number of ether oxygens (including phenoxy) is 1. The lowest BCUT2D eigenvalue weighted by Crippen LogP contribution is -2.48. The molecule has 7 nitrogen and oxygen atoms in total. The number of amides is 3. The van der Waals surface area contributed by atoms with Gasteiger partial charge in [-0.1, -0.05) is 0 Å². The van der Waals surface area contributed by atoms with E-state index in [1.807, 2.05) is 0 Å². The number of rotatable bonds is 3. The zero-order chi connectivity index (χ0) is 15.3. The third-order valence-corrected chi connectivity index (χ3v) is 3.43. The first-order chi connectivity index (χ1) is 9.36. The first-order valence-electron chi connectivity index (χ1n) is 6.71. The number of piperidine rings is 1. The number of nitrogens with zero attached hydrogens (tertiary/aromatic N) is 2. The Morgan fingerprint density at radius 2 is 1.80 bits per heavy atom. The zero-order valence-electron chi connectivity index (χ0n) is 12.5.